The van der Waals surface area contributed by atoms with Crippen molar-refractivity contribution in [2.75, 3.05) is 0 Å². The Labute approximate surface area is 170 Å². The van der Waals surface area contributed by atoms with Crippen LogP contribution in [0.4, 0.5) is 0 Å². The average Bonchev–Trinajstić information content (AvgIpc) is 3.15. The molecule has 146 valence electrons. The third-order valence-corrected chi connectivity index (χ3v) is 4.80. The first-order valence-corrected chi connectivity index (χ1v) is 9.73. The van der Waals surface area contributed by atoms with Crippen molar-refractivity contribution in [3.8, 4) is 5.69 Å². The Hall–Kier alpha value is -2.66. The van der Waals surface area contributed by atoms with E-state index in [2.05, 4.69) is 36.3 Å². The van der Waals surface area contributed by atoms with Crippen LogP contribution in [0.2, 0.25) is 5.02 Å². The third-order valence-electron chi connectivity index (χ3n) is 4.48. The summed E-state index contributed by atoms with van der Waals surface area (Å²) in [6.07, 6.45) is 2.74. The molecule has 0 spiro atoms. The summed E-state index contributed by atoms with van der Waals surface area (Å²) in [4.78, 5) is 12.4. The van der Waals surface area contributed by atoms with Crippen molar-refractivity contribution in [1.82, 2.24) is 15.0 Å². The second-order valence-corrected chi connectivity index (χ2v) is 7.68. The molecular weight excluding hydrogens is 374 g/mol. The molecule has 1 atom stereocenters. The Morgan fingerprint density at radius 3 is 2.50 bits per heavy atom. The van der Waals surface area contributed by atoms with E-state index in [9.17, 15) is 4.79 Å². The lowest BCUT2D eigenvalue weighted by Crippen LogP contribution is -2.13. The Morgan fingerprint density at radius 1 is 1.11 bits per heavy atom. The number of halogens is 1. The molecule has 1 aromatic heterocycles. The highest BCUT2D eigenvalue weighted by Gasteiger charge is 2.18. The van der Waals surface area contributed by atoms with Crippen molar-refractivity contribution in [2.24, 2.45) is 5.92 Å². The van der Waals surface area contributed by atoms with Crippen LogP contribution in [-0.2, 0) is 22.6 Å². The highest BCUT2D eigenvalue weighted by Crippen LogP contribution is 2.21. The van der Waals surface area contributed by atoms with E-state index < -0.39 is 0 Å². The molecule has 0 N–H and O–H groups in total. The minimum absolute atomic E-state index is 0.0685. The minimum Gasteiger partial charge on any atom is -0.459 e. The lowest BCUT2D eigenvalue weighted by molar-refractivity contribution is -0.146. The topological polar surface area (TPSA) is 57.0 Å². The molecule has 6 heteroatoms. The monoisotopic (exact) mass is 397 g/mol. The summed E-state index contributed by atoms with van der Waals surface area (Å²) < 4.78 is 7.00. The molecule has 3 aromatic rings. The number of carbonyl (C=O) groups is 1. The number of benzene rings is 2. The van der Waals surface area contributed by atoms with Gasteiger partial charge in [0.2, 0.25) is 0 Å². The molecule has 1 unspecified atom stereocenters. The van der Waals surface area contributed by atoms with E-state index in [0.717, 1.165) is 17.7 Å². The van der Waals surface area contributed by atoms with Gasteiger partial charge in [-0.3, -0.25) is 4.79 Å². The van der Waals surface area contributed by atoms with Gasteiger partial charge in [-0.25, -0.2) is 4.68 Å². The maximum atomic E-state index is 12.4. The van der Waals surface area contributed by atoms with E-state index >= 15 is 0 Å². The van der Waals surface area contributed by atoms with E-state index in [1.807, 2.05) is 37.3 Å². The van der Waals surface area contributed by atoms with E-state index in [1.165, 1.54) is 5.56 Å². The van der Waals surface area contributed by atoms with Crippen LogP contribution in [0.25, 0.3) is 5.69 Å². The largest absolute Gasteiger partial charge is 0.459 e. The van der Waals surface area contributed by atoms with Crippen LogP contribution in [0.3, 0.4) is 0 Å². The second-order valence-electron chi connectivity index (χ2n) is 7.27. The van der Waals surface area contributed by atoms with Crippen LogP contribution >= 0.6 is 11.6 Å². The molecule has 0 fully saturated rings. The zero-order chi connectivity index (χ0) is 20.1. The normalized spacial score (nSPS) is 12.2. The molecule has 0 aliphatic rings. The first-order chi connectivity index (χ1) is 13.4. The SMILES string of the molecule is CC(C)Cc1ccc(C(C)C(=O)OCc2cn(-c3ccccc3Cl)nn2)cc1. The van der Waals surface area contributed by atoms with E-state index in [4.69, 9.17) is 16.3 Å². The molecule has 0 aliphatic carbocycles. The van der Waals surface area contributed by atoms with Gasteiger partial charge in [-0.1, -0.05) is 67.1 Å². The van der Waals surface area contributed by atoms with Gasteiger partial charge in [-0.15, -0.1) is 5.10 Å². The van der Waals surface area contributed by atoms with E-state index in [1.54, 1.807) is 16.9 Å². The number of hydrogen-bond donors (Lipinski definition) is 0. The van der Waals surface area contributed by atoms with Crippen LogP contribution in [0.1, 0.15) is 43.5 Å². The number of ether oxygens (including phenoxy) is 1. The number of hydrogen-bond acceptors (Lipinski definition) is 4. The van der Waals surface area contributed by atoms with Crippen LogP contribution in [0.15, 0.2) is 54.7 Å². The van der Waals surface area contributed by atoms with Crippen molar-refractivity contribution in [2.45, 2.75) is 39.7 Å². The summed E-state index contributed by atoms with van der Waals surface area (Å²) in [5, 5.41) is 8.68. The van der Waals surface area contributed by atoms with Gasteiger partial charge in [0, 0.05) is 0 Å². The van der Waals surface area contributed by atoms with Gasteiger partial charge in [0.25, 0.3) is 0 Å². The molecule has 2 aromatic carbocycles. The molecule has 1 heterocycles. The van der Waals surface area contributed by atoms with Crippen molar-refractivity contribution in [3.05, 3.63) is 76.6 Å². The van der Waals surface area contributed by atoms with Gasteiger partial charge in [0.1, 0.15) is 12.3 Å². The summed E-state index contributed by atoms with van der Waals surface area (Å²) >= 11 is 6.17. The molecule has 5 nitrogen and oxygen atoms in total. The average molecular weight is 398 g/mol. The molecule has 0 bridgehead atoms. The second kappa shape index (κ2) is 9.02. The number of aromatic nitrogens is 3. The Bertz CT molecular complexity index is 935. The summed E-state index contributed by atoms with van der Waals surface area (Å²) in [5.41, 5.74) is 3.50. The number of rotatable bonds is 7. The number of carbonyl (C=O) groups excluding carboxylic acids is 1. The van der Waals surface area contributed by atoms with Crippen molar-refractivity contribution >= 4 is 17.6 Å². The van der Waals surface area contributed by atoms with Gasteiger partial charge in [0.15, 0.2) is 0 Å². The zero-order valence-corrected chi connectivity index (χ0v) is 17.1. The molecule has 0 radical (unpaired) electrons. The fourth-order valence-corrected chi connectivity index (χ4v) is 3.16. The van der Waals surface area contributed by atoms with Crippen molar-refractivity contribution in [1.29, 1.82) is 0 Å². The lowest BCUT2D eigenvalue weighted by Gasteiger charge is -2.12. The zero-order valence-electron chi connectivity index (χ0n) is 16.3. The Kier molecular flexibility index (Phi) is 6.47. The Morgan fingerprint density at radius 2 is 1.82 bits per heavy atom. The lowest BCUT2D eigenvalue weighted by atomic mass is 9.97. The highest BCUT2D eigenvalue weighted by molar-refractivity contribution is 6.32. The van der Waals surface area contributed by atoms with Gasteiger partial charge in [-0.2, -0.15) is 0 Å². The smallest absolute Gasteiger partial charge is 0.313 e. The molecule has 0 amide bonds. The predicted octanol–water partition coefficient (Wildman–Crippen LogP) is 4.97. The molecule has 0 saturated heterocycles. The molecule has 28 heavy (non-hydrogen) atoms. The summed E-state index contributed by atoms with van der Waals surface area (Å²) in [5.74, 6) is -0.0250. The number of esters is 1. The number of nitrogens with zero attached hydrogens (tertiary/aromatic N) is 3. The summed E-state index contributed by atoms with van der Waals surface area (Å²) in [6, 6.07) is 15.5. The highest BCUT2D eigenvalue weighted by atomic mass is 35.5. The standard InChI is InChI=1S/C22H24ClN3O2/c1-15(2)12-17-8-10-18(11-9-17)16(3)22(27)28-14-19-13-26(25-24-19)21-7-5-4-6-20(21)23/h4-11,13,15-16H,12,14H2,1-3H3. The minimum atomic E-state index is -0.341. The van der Waals surface area contributed by atoms with Gasteiger partial charge in [0.05, 0.1) is 22.8 Å². The van der Waals surface area contributed by atoms with Crippen molar-refractivity contribution < 1.29 is 9.53 Å². The van der Waals surface area contributed by atoms with Gasteiger partial charge < -0.3 is 4.74 Å². The van der Waals surface area contributed by atoms with Crippen LogP contribution in [-0.4, -0.2) is 21.0 Å². The van der Waals surface area contributed by atoms with E-state index in [-0.39, 0.29) is 18.5 Å². The van der Waals surface area contributed by atoms with Crippen LogP contribution in [0, 0.1) is 5.92 Å². The summed E-state index contributed by atoms with van der Waals surface area (Å²) in [7, 11) is 0. The van der Waals surface area contributed by atoms with E-state index in [0.29, 0.717) is 16.6 Å². The molecular formula is C22H24ClN3O2. The maximum Gasteiger partial charge on any atom is 0.313 e. The number of para-hydroxylation sites is 1. The first kappa shape index (κ1) is 20.1. The molecule has 3 rings (SSSR count). The quantitative estimate of drug-likeness (QED) is 0.528. The fourth-order valence-electron chi connectivity index (χ4n) is 2.94. The molecule has 0 aliphatic heterocycles. The van der Waals surface area contributed by atoms with Crippen molar-refractivity contribution in [3.63, 3.8) is 0 Å². The summed E-state index contributed by atoms with van der Waals surface area (Å²) in [6.45, 7) is 6.30. The van der Waals surface area contributed by atoms with Gasteiger partial charge in [-0.05, 0) is 42.5 Å². The molecule has 0 saturated carbocycles. The van der Waals surface area contributed by atoms with Gasteiger partial charge >= 0.3 is 5.97 Å². The first-order valence-electron chi connectivity index (χ1n) is 9.35. The fraction of sp³-hybridized carbons (Fsp3) is 0.318. The van der Waals surface area contributed by atoms with Crippen LogP contribution < -0.4 is 0 Å². The van der Waals surface area contributed by atoms with Crippen LogP contribution in [0.5, 0.6) is 0 Å². The Balaban J connectivity index is 1.59. The maximum absolute atomic E-state index is 12.4. The predicted molar refractivity (Wildman–Crippen MR) is 110 cm³/mol. The third kappa shape index (κ3) is 4.98.